The second-order valence-electron chi connectivity index (χ2n) is 6.76. The van der Waals surface area contributed by atoms with Crippen LogP contribution in [-0.2, 0) is 6.42 Å². The van der Waals surface area contributed by atoms with Crippen LogP contribution < -0.4 is 21.7 Å². The van der Waals surface area contributed by atoms with E-state index in [9.17, 15) is 0 Å². The highest BCUT2D eigenvalue weighted by atomic mass is 15.2. The van der Waals surface area contributed by atoms with E-state index in [-0.39, 0.29) is 0 Å². The number of nitrogen functional groups attached to an aromatic ring is 2. The fourth-order valence-electron chi connectivity index (χ4n) is 3.81. The summed E-state index contributed by atoms with van der Waals surface area (Å²) in [5.41, 5.74) is 13.1. The Bertz CT molecular complexity index is 541. The number of hydrogen-bond donors (Lipinski definition) is 3. The quantitative estimate of drug-likeness (QED) is 0.761. The Labute approximate surface area is 125 Å². The maximum absolute atomic E-state index is 6.14. The van der Waals surface area contributed by atoms with E-state index in [0.29, 0.717) is 17.8 Å². The van der Waals surface area contributed by atoms with E-state index in [1.165, 1.54) is 25.7 Å². The van der Waals surface area contributed by atoms with Crippen LogP contribution >= 0.6 is 0 Å². The molecule has 0 unspecified atom stereocenters. The Morgan fingerprint density at radius 1 is 1.14 bits per heavy atom. The van der Waals surface area contributed by atoms with Crippen molar-refractivity contribution in [3.8, 4) is 0 Å². The summed E-state index contributed by atoms with van der Waals surface area (Å²) in [5, 5.41) is 3.60. The second-order valence-corrected chi connectivity index (χ2v) is 6.76. The third-order valence-electron chi connectivity index (χ3n) is 5.18. The van der Waals surface area contributed by atoms with Crippen LogP contribution in [0.3, 0.4) is 0 Å². The maximum Gasteiger partial charge on any atom is 0.223 e. The Kier molecular flexibility index (Phi) is 3.14. The van der Waals surface area contributed by atoms with Crippen molar-refractivity contribution in [1.82, 2.24) is 15.3 Å². The van der Waals surface area contributed by atoms with Crippen molar-refractivity contribution in [3.63, 3.8) is 0 Å². The molecule has 5 N–H and O–H groups in total. The summed E-state index contributed by atoms with van der Waals surface area (Å²) in [6, 6.07) is 0.685. The third-order valence-corrected chi connectivity index (χ3v) is 5.18. The first kappa shape index (κ1) is 13.1. The Hall–Kier alpha value is -1.56. The molecule has 21 heavy (non-hydrogen) atoms. The minimum absolute atomic E-state index is 0.300. The van der Waals surface area contributed by atoms with Gasteiger partial charge in [-0.05, 0) is 50.5 Å². The predicted octanol–water partition coefficient (Wildman–Crippen LogP) is 0.782. The molecule has 114 valence electrons. The molecule has 0 bridgehead atoms. The summed E-state index contributed by atoms with van der Waals surface area (Å²) in [5.74, 6) is 3.37. The van der Waals surface area contributed by atoms with E-state index in [2.05, 4.69) is 20.2 Å². The first-order chi connectivity index (χ1) is 10.2. The zero-order valence-electron chi connectivity index (χ0n) is 12.4. The van der Waals surface area contributed by atoms with Crippen molar-refractivity contribution >= 4 is 17.6 Å². The largest absolute Gasteiger partial charge is 0.383 e. The monoisotopic (exact) mass is 288 g/mol. The van der Waals surface area contributed by atoms with Gasteiger partial charge in [-0.1, -0.05) is 0 Å². The molecule has 2 saturated heterocycles. The Balaban J connectivity index is 1.63. The van der Waals surface area contributed by atoms with Gasteiger partial charge < -0.3 is 21.7 Å². The first-order valence-corrected chi connectivity index (χ1v) is 8.11. The molecule has 6 heteroatoms. The minimum atomic E-state index is 0.300. The minimum Gasteiger partial charge on any atom is -0.383 e. The lowest BCUT2D eigenvalue weighted by Crippen LogP contribution is -2.45. The van der Waals surface area contributed by atoms with Gasteiger partial charge in [-0.2, -0.15) is 9.97 Å². The third kappa shape index (κ3) is 2.52. The van der Waals surface area contributed by atoms with Crippen LogP contribution in [0.4, 0.5) is 17.6 Å². The smallest absolute Gasteiger partial charge is 0.223 e. The first-order valence-electron chi connectivity index (χ1n) is 8.11. The molecule has 4 rings (SSSR count). The fraction of sp³-hybridized carbons (Fsp3) is 0.733. The molecular weight excluding hydrogens is 264 g/mol. The molecule has 0 amide bonds. The van der Waals surface area contributed by atoms with E-state index >= 15 is 0 Å². The summed E-state index contributed by atoms with van der Waals surface area (Å²) >= 11 is 0. The standard InChI is InChI=1S/C15H24N6/c16-13-11(7-9-1-2-9)14(20-15(17)19-13)21-6-4-12-10(8-21)3-5-18-12/h9-10,12,18H,1-8H2,(H4,16,17,19,20)/t10-,12+/m1/s1. The molecule has 1 saturated carbocycles. The summed E-state index contributed by atoms with van der Waals surface area (Å²) in [6.07, 6.45) is 6.05. The van der Waals surface area contributed by atoms with Gasteiger partial charge in [0.2, 0.25) is 5.95 Å². The van der Waals surface area contributed by atoms with Gasteiger partial charge in [-0.15, -0.1) is 0 Å². The summed E-state index contributed by atoms with van der Waals surface area (Å²) in [4.78, 5) is 11.1. The van der Waals surface area contributed by atoms with Crippen molar-refractivity contribution in [3.05, 3.63) is 5.56 Å². The SMILES string of the molecule is Nc1nc(N)c(CC2CC2)c(N2CC[C@@H]3NCC[C@@H]3C2)n1. The number of nitrogens with zero attached hydrogens (tertiary/aromatic N) is 3. The predicted molar refractivity (Wildman–Crippen MR) is 84.0 cm³/mol. The van der Waals surface area contributed by atoms with Gasteiger partial charge in [-0.25, -0.2) is 0 Å². The molecule has 2 atom stereocenters. The van der Waals surface area contributed by atoms with Crippen LogP contribution in [0.2, 0.25) is 0 Å². The second kappa shape index (κ2) is 5.02. The Morgan fingerprint density at radius 3 is 2.81 bits per heavy atom. The van der Waals surface area contributed by atoms with E-state index in [1.807, 2.05) is 0 Å². The normalized spacial score (nSPS) is 28.7. The molecule has 0 spiro atoms. The maximum atomic E-state index is 6.14. The number of rotatable bonds is 3. The van der Waals surface area contributed by atoms with E-state index in [0.717, 1.165) is 49.3 Å². The van der Waals surface area contributed by atoms with Crippen molar-refractivity contribution in [1.29, 1.82) is 0 Å². The van der Waals surface area contributed by atoms with Crippen LogP contribution in [0.5, 0.6) is 0 Å². The van der Waals surface area contributed by atoms with Gasteiger partial charge in [0, 0.05) is 24.7 Å². The molecule has 1 aromatic heterocycles. The van der Waals surface area contributed by atoms with Crippen molar-refractivity contribution in [2.75, 3.05) is 36.0 Å². The molecule has 2 aliphatic heterocycles. The fourth-order valence-corrected chi connectivity index (χ4v) is 3.81. The number of hydrogen-bond acceptors (Lipinski definition) is 6. The average molecular weight is 288 g/mol. The zero-order chi connectivity index (χ0) is 14.4. The van der Waals surface area contributed by atoms with Crippen LogP contribution in [0.25, 0.3) is 0 Å². The van der Waals surface area contributed by atoms with Gasteiger partial charge in [0.25, 0.3) is 0 Å². The van der Waals surface area contributed by atoms with Crippen LogP contribution in [-0.4, -0.2) is 35.6 Å². The number of nitrogens with one attached hydrogen (secondary N) is 1. The summed E-state index contributed by atoms with van der Waals surface area (Å²) in [7, 11) is 0. The van der Waals surface area contributed by atoms with E-state index in [4.69, 9.17) is 11.5 Å². The highest BCUT2D eigenvalue weighted by Gasteiger charge is 2.35. The highest BCUT2D eigenvalue weighted by Crippen LogP contribution is 2.38. The number of anilines is 3. The van der Waals surface area contributed by atoms with Crippen LogP contribution in [0.1, 0.15) is 31.2 Å². The van der Waals surface area contributed by atoms with Crippen molar-refractivity contribution < 1.29 is 0 Å². The van der Waals surface area contributed by atoms with Gasteiger partial charge in [0.1, 0.15) is 11.6 Å². The lowest BCUT2D eigenvalue weighted by Gasteiger charge is -2.36. The van der Waals surface area contributed by atoms with Gasteiger partial charge in [0.05, 0.1) is 0 Å². The summed E-state index contributed by atoms with van der Waals surface area (Å²) in [6.45, 7) is 3.24. The van der Waals surface area contributed by atoms with Gasteiger partial charge >= 0.3 is 0 Å². The molecule has 3 heterocycles. The highest BCUT2D eigenvalue weighted by molar-refractivity contribution is 5.60. The summed E-state index contributed by atoms with van der Waals surface area (Å²) < 4.78 is 0. The number of nitrogens with two attached hydrogens (primary N) is 2. The molecule has 1 aromatic rings. The van der Waals surface area contributed by atoms with E-state index in [1.54, 1.807) is 0 Å². The molecule has 1 aliphatic carbocycles. The lowest BCUT2D eigenvalue weighted by atomic mass is 9.93. The molecule has 0 radical (unpaired) electrons. The van der Waals surface area contributed by atoms with Crippen LogP contribution in [0, 0.1) is 11.8 Å². The molecule has 3 aliphatic rings. The lowest BCUT2D eigenvalue weighted by molar-refractivity contribution is 0.374. The van der Waals surface area contributed by atoms with Crippen molar-refractivity contribution in [2.45, 2.75) is 38.1 Å². The van der Waals surface area contributed by atoms with Crippen LogP contribution in [0.15, 0.2) is 0 Å². The topological polar surface area (TPSA) is 93.1 Å². The number of fused-ring (bicyclic) bond motifs is 1. The van der Waals surface area contributed by atoms with E-state index < -0.39 is 0 Å². The molecule has 3 fully saturated rings. The average Bonchev–Trinajstić information content (AvgIpc) is 3.15. The van der Waals surface area contributed by atoms with Crippen molar-refractivity contribution in [2.24, 2.45) is 11.8 Å². The van der Waals surface area contributed by atoms with Gasteiger partial charge in [-0.3, -0.25) is 0 Å². The number of aromatic nitrogens is 2. The molecule has 6 nitrogen and oxygen atoms in total. The Morgan fingerprint density at radius 2 is 2.00 bits per heavy atom. The molecular formula is C15H24N6. The van der Waals surface area contributed by atoms with Gasteiger partial charge in [0.15, 0.2) is 0 Å². The zero-order valence-corrected chi connectivity index (χ0v) is 12.4. The number of piperidine rings is 1. The molecule has 0 aromatic carbocycles.